The van der Waals surface area contributed by atoms with Crippen molar-refractivity contribution in [3.05, 3.63) is 18.2 Å². The first-order valence-electron chi connectivity index (χ1n) is 5.73. The molecule has 1 unspecified atom stereocenters. The molecule has 2 heterocycles. The first-order chi connectivity index (χ1) is 7.31. The Morgan fingerprint density at radius 2 is 2.47 bits per heavy atom. The molecular formula is C11H20N4. The van der Waals surface area contributed by atoms with Crippen LogP contribution >= 0.6 is 0 Å². The number of rotatable bonds is 4. The highest BCUT2D eigenvalue weighted by atomic mass is 15.2. The number of imidazole rings is 1. The highest BCUT2D eigenvalue weighted by molar-refractivity contribution is 4.91. The molecule has 0 spiro atoms. The average molecular weight is 208 g/mol. The molecular weight excluding hydrogens is 188 g/mol. The summed E-state index contributed by atoms with van der Waals surface area (Å²) >= 11 is 0. The maximum atomic E-state index is 5.61. The predicted octanol–water partition coefficient (Wildman–Crippen LogP) is 0.615. The molecule has 0 amide bonds. The molecule has 1 fully saturated rings. The standard InChI is InChI=1S/C11H20N4/c1-10-13-5-8-15(10)9-11-3-2-6-14(11)7-4-12/h5,8,11H,2-4,6-7,9,12H2,1H3. The Kier molecular flexibility index (Phi) is 3.38. The van der Waals surface area contributed by atoms with E-state index in [0.717, 1.165) is 25.5 Å². The average Bonchev–Trinajstić information content (AvgIpc) is 2.80. The largest absolute Gasteiger partial charge is 0.334 e. The Bertz CT molecular complexity index is 307. The molecule has 0 aliphatic carbocycles. The molecule has 84 valence electrons. The second-order valence-corrected chi connectivity index (χ2v) is 4.25. The number of likely N-dealkylation sites (tertiary alicyclic amines) is 1. The van der Waals surface area contributed by atoms with Gasteiger partial charge in [0.1, 0.15) is 5.82 Å². The van der Waals surface area contributed by atoms with Crippen LogP contribution in [0, 0.1) is 6.92 Å². The lowest BCUT2D eigenvalue weighted by atomic mass is 10.2. The summed E-state index contributed by atoms with van der Waals surface area (Å²) in [6.45, 7) is 6.11. The minimum absolute atomic E-state index is 0.654. The van der Waals surface area contributed by atoms with E-state index >= 15 is 0 Å². The highest BCUT2D eigenvalue weighted by Crippen LogP contribution is 2.18. The molecule has 1 aliphatic heterocycles. The summed E-state index contributed by atoms with van der Waals surface area (Å²) in [5, 5.41) is 0. The van der Waals surface area contributed by atoms with Gasteiger partial charge in [-0.15, -0.1) is 0 Å². The third-order valence-corrected chi connectivity index (χ3v) is 3.25. The van der Waals surface area contributed by atoms with E-state index in [-0.39, 0.29) is 0 Å². The summed E-state index contributed by atoms with van der Waals surface area (Å²) in [4.78, 5) is 6.75. The zero-order valence-electron chi connectivity index (χ0n) is 9.39. The lowest BCUT2D eigenvalue weighted by molar-refractivity contribution is 0.238. The van der Waals surface area contributed by atoms with Crippen molar-refractivity contribution in [1.82, 2.24) is 14.5 Å². The van der Waals surface area contributed by atoms with Crippen molar-refractivity contribution in [1.29, 1.82) is 0 Å². The lowest BCUT2D eigenvalue weighted by Crippen LogP contribution is -2.36. The van der Waals surface area contributed by atoms with Crippen molar-refractivity contribution in [2.75, 3.05) is 19.6 Å². The first-order valence-corrected chi connectivity index (χ1v) is 5.73. The van der Waals surface area contributed by atoms with Gasteiger partial charge in [0.2, 0.25) is 0 Å². The molecule has 2 N–H and O–H groups in total. The first kappa shape index (κ1) is 10.6. The molecule has 1 aliphatic rings. The molecule has 4 heteroatoms. The van der Waals surface area contributed by atoms with Crippen molar-refractivity contribution in [3.63, 3.8) is 0 Å². The van der Waals surface area contributed by atoms with Crippen molar-refractivity contribution < 1.29 is 0 Å². The minimum Gasteiger partial charge on any atom is -0.334 e. The predicted molar refractivity (Wildman–Crippen MR) is 60.6 cm³/mol. The number of hydrogen-bond acceptors (Lipinski definition) is 3. The molecule has 0 radical (unpaired) electrons. The van der Waals surface area contributed by atoms with Crippen LogP contribution in [0.4, 0.5) is 0 Å². The van der Waals surface area contributed by atoms with Crippen LogP contribution in [0.5, 0.6) is 0 Å². The van der Waals surface area contributed by atoms with E-state index in [0.29, 0.717) is 6.04 Å². The summed E-state index contributed by atoms with van der Waals surface area (Å²) < 4.78 is 2.24. The van der Waals surface area contributed by atoms with Crippen LogP contribution in [0.2, 0.25) is 0 Å². The summed E-state index contributed by atoms with van der Waals surface area (Å²) in [6.07, 6.45) is 6.53. The van der Waals surface area contributed by atoms with Gasteiger partial charge < -0.3 is 10.3 Å². The summed E-state index contributed by atoms with van der Waals surface area (Å²) in [5.41, 5.74) is 5.61. The lowest BCUT2D eigenvalue weighted by Gasteiger charge is -2.24. The number of nitrogens with zero attached hydrogens (tertiary/aromatic N) is 3. The van der Waals surface area contributed by atoms with E-state index in [1.54, 1.807) is 0 Å². The molecule has 1 aromatic heterocycles. The second kappa shape index (κ2) is 4.77. The van der Waals surface area contributed by atoms with E-state index in [9.17, 15) is 0 Å². The number of hydrogen-bond donors (Lipinski definition) is 1. The molecule has 1 saturated heterocycles. The normalized spacial score (nSPS) is 22.4. The van der Waals surface area contributed by atoms with Gasteiger partial charge in [-0.25, -0.2) is 4.98 Å². The van der Waals surface area contributed by atoms with Crippen LogP contribution in [-0.4, -0.2) is 40.1 Å². The third kappa shape index (κ3) is 2.38. The van der Waals surface area contributed by atoms with E-state index in [2.05, 4.69) is 27.6 Å². The topological polar surface area (TPSA) is 47.1 Å². The fourth-order valence-corrected chi connectivity index (χ4v) is 2.39. The van der Waals surface area contributed by atoms with E-state index < -0.39 is 0 Å². The van der Waals surface area contributed by atoms with E-state index in [1.807, 2.05) is 6.20 Å². The number of nitrogens with two attached hydrogens (primary N) is 1. The Morgan fingerprint density at radius 1 is 1.60 bits per heavy atom. The van der Waals surface area contributed by atoms with Gasteiger partial charge in [0, 0.05) is 38.1 Å². The van der Waals surface area contributed by atoms with Gasteiger partial charge in [-0.3, -0.25) is 4.90 Å². The van der Waals surface area contributed by atoms with Gasteiger partial charge in [0.05, 0.1) is 0 Å². The molecule has 4 nitrogen and oxygen atoms in total. The molecule has 1 aromatic rings. The third-order valence-electron chi connectivity index (χ3n) is 3.25. The second-order valence-electron chi connectivity index (χ2n) is 4.25. The Labute approximate surface area is 91.1 Å². The smallest absolute Gasteiger partial charge is 0.105 e. The van der Waals surface area contributed by atoms with Crippen molar-refractivity contribution in [3.8, 4) is 0 Å². The molecule has 2 rings (SSSR count). The van der Waals surface area contributed by atoms with Crippen LogP contribution in [0.3, 0.4) is 0 Å². The quantitative estimate of drug-likeness (QED) is 0.789. The fraction of sp³-hybridized carbons (Fsp3) is 0.727. The van der Waals surface area contributed by atoms with Crippen molar-refractivity contribution in [2.24, 2.45) is 5.73 Å². The molecule has 0 saturated carbocycles. The van der Waals surface area contributed by atoms with Gasteiger partial charge in [-0.1, -0.05) is 0 Å². The highest BCUT2D eigenvalue weighted by Gasteiger charge is 2.23. The molecule has 0 aromatic carbocycles. The van der Waals surface area contributed by atoms with Gasteiger partial charge >= 0.3 is 0 Å². The maximum absolute atomic E-state index is 5.61. The SMILES string of the molecule is Cc1nccn1CC1CCCN1CCN. The molecule has 15 heavy (non-hydrogen) atoms. The number of aromatic nitrogens is 2. The van der Waals surface area contributed by atoms with Gasteiger partial charge in [-0.05, 0) is 26.3 Å². The molecule has 1 atom stereocenters. The van der Waals surface area contributed by atoms with E-state index in [4.69, 9.17) is 5.73 Å². The van der Waals surface area contributed by atoms with Crippen LogP contribution in [-0.2, 0) is 6.54 Å². The van der Waals surface area contributed by atoms with Crippen LogP contribution < -0.4 is 5.73 Å². The maximum Gasteiger partial charge on any atom is 0.105 e. The van der Waals surface area contributed by atoms with Crippen molar-refractivity contribution >= 4 is 0 Å². The van der Waals surface area contributed by atoms with Crippen LogP contribution in [0.1, 0.15) is 18.7 Å². The van der Waals surface area contributed by atoms with E-state index in [1.165, 1.54) is 19.4 Å². The van der Waals surface area contributed by atoms with Crippen LogP contribution in [0.15, 0.2) is 12.4 Å². The minimum atomic E-state index is 0.654. The summed E-state index contributed by atoms with van der Waals surface area (Å²) in [6, 6.07) is 0.654. The zero-order valence-corrected chi connectivity index (χ0v) is 9.39. The van der Waals surface area contributed by atoms with Gasteiger partial charge in [0.25, 0.3) is 0 Å². The monoisotopic (exact) mass is 208 g/mol. The fourth-order valence-electron chi connectivity index (χ4n) is 2.39. The Hall–Kier alpha value is -0.870. The van der Waals surface area contributed by atoms with Crippen LogP contribution in [0.25, 0.3) is 0 Å². The Balaban J connectivity index is 1.96. The summed E-state index contributed by atoms with van der Waals surface area (Å²) in [7, 11) is 0. The molecule has 0 bridgehead atoms. The zero-order chi connectivity index (χ0) is 10.7. The Morgan fingerprint density at radius 3 is 3.13 bits per heavy atom. The summed E-state index contributed by atoms with van der Waals surface area (Å²) in [5.74, 6) is 1.11. The van der Waals surface area contributed by atoms with Gasteiger partial charge in [-0.2, -0.15) is 0 Å². The van der Waals surface area contributed by atoms with Crippen molar-refractivity contribution in [2.45, 2.75) is 32.4 Å². The van der Waals surface area contributed by atoms with Gasteiger partial charge in [0.15, 0.2) is 0 Å². The number of aryl methyl sites for hydroxylation is 1.